The molecule has 13 heavy (non-hydrogen) atoms. The molecule has 1 unspecified atom stereocenters. The van der Waals surface area contributed by atoms with Crippen LogP contribution in [0.15, 0.2) is 18.3 Å². The number of pyridine rings is 1. The van der Waals surface area contributed by atoms with E-state index in [0.717, 1.165) is 10.3 Å². The Morgan fingerprint density at radius 2 is 2.46 bits per heavy atom. The van der Waals surface area contributed by atoms with E-state index in [1.165, 1.54) is 18.6 Å². The van der Waals surface area contributed by atoms with Gasteiger partial charge in [0.05, 0.1) is 6.20 Å². The topological polar surface area (TPSA) is 26.9 Å². The van der Waals surface area contributed by atoms with Gasteiger partial charge in [0, 0.05) is 38.0 Å². The number of hydrogen-bond donors (Lipinski definition) is 0. The Morgan fingerprint density at radius 3 is 3.08 bits per heavy atom. The molecule has 0 bridgehead atoms. The maximum absolute atomic E-state index is 10.9. The minimum atomic E-state index is 0. The zero-order valence-electron chi connectivity index (χ0n) is 7.27. The van der Waals surface area contributed by atoms with Crippen molar-refractivity contribution in [3.05, 3.63) is 35.3 Å². The average Bonchev–Trinajstić information content (AvgIpc) is 2.56. The summed E-state index contributed by atoms with van der Waals surface area (Å²) in [5.41, 5.74) is 1.14. The van der Waals surface area contributed by atoms with Crippen LogP contribution in [0.1, 0.15) is 23.7 Å². The minimum Gasteiger partial charge on any atom is -0.641 e. The van der Waals surface area contributed by atoms with Gasteiger partial charge in [-0.3, -0.25) is 4.73 Å². The van der Waals surface area contributed by atoms with Gasteiger partial charge >= 0.3 is 0 Å². The molecule has 1 atom stereocenters. The van der Waals surface area contributed by atoms with Gasteiger partial charge in [0.25, 0.3) is 0 Å². The van der Waals surface area contributed by atoms with E-state index in [1.54, 1.807) is 12.3 Å². The molecule has 0 aliphatic carbocycles. The van der Waals surface area contributed by atoms with Gasteiger partial charge in [0.2, 0.25) is 0 Å². The van der Waals surface area contributed by atoms with Crippen molar-refractivity contribution in [1.82, 2.24) is 0 Å². The zero-order valence-corrected chi connectivity index (χ0v) is 10.9. The number of nitrogens with zero attached hydrogens (tertiary/aromatic N) is 1. The van der Waals surface area contributed by atoms with E-state index in [-0.39, 0.29) is 32.7 Å². The third-order valence-corrected chi connectivity index (χ3v) is 3.48. The molecule has 2 heterocycles. The molecule has 0 N–H and O–H groups in total. The molecule has 1 radical (unpaired) electrons. The van der Waals surface area contributed by atoms with Crippen molar-refractivity contribution in [3.8, 4) is 0 Å². The zero-order chi connectivity index (χ0) is 8.39. The van der Waals surface area contributed by atoms with Crippen LogP contribution in [-0.4, -0.2) is 5.75 Å². The minimum absolute atomic E-state index is 0. The van der Waals surface area contributed by atoms with Crippen molar-refractivity contribution < 1.29 is 37.4 Å². The smallest absolute Gasteiger partial charge is 0.125 e. The molecule has 1 aromatic rings. The maximum Gasteiger partial charge on any atom is 0.125 e. The molecule has 1 aromatic heterocycles. The summed E-state index contributed by atoms with van der Waals surface area (Å²) in [6.45, 7) is 0. The van der Waals surface area contributed by atoms with Crippen LogP contribution < -0.4 is 4.73 Å². The van der Waals surface area contributed by atoms with Crippen LogP contribution in [0.3, 0.4) is 0 Å². The van der Waals surface area contributed by atoms with E-state index >= 15 is 0 Å². The summed E-state index contributed by atoms with van der Waals surface area (Å²) in [6, 6.07) is 3.68. The largest absolute Gasteiger partial charge is 0.641 e. The van der Waals surface area contributed by atoms with Crippen molar-refractivity contribution in [2.75, 3.05) is 5.75 Å². The monoisotopic (exact) mass is 269 g/mol. The number of rotatable bonds is 1. The van der Waals surface area contributed by atoms with Crippen molar-refractivity contribution in [3.63, 3.8) is 0 Å². The van der Waals surface area contributed by atoms with E-state index in [0.29, 0.717) is 5.25 Å². The Hall–Kier alpha value is 0.404. The molecule has 1 aliphatic heterocycles. The Bertz CT molecular complexity index is 276. The van der Waals surface area contributed by atoms with Gasteiger partial charge < -0.3 is 5.21 Å². The molecular weight excluding hydrogens is 259 g/mol. The Morgan fingerprint density at radius 1 is 1.62 bits per heavy atom. The average molecular weight is 269 g/mol. The normalized spacial score (nSPS) is 21.1. The molecule has 0 amide bonds. The number of hydrogen-bond acceptors (Lipinski definition) is 2. The first kappa shape index (κ1) is 11.5. The van der Waals surface area contributed by atoms with E-state index in [4.69, 9.17) is 0 Å². The Balaban J connectivity index is 0.000000845. The molecular formula is C9H10NOSY-. The fourth-order valence-electron chi connectivity index (χ4n) is 1.45. The van der Waals surface area contributed by atoms with Crippen LogP contribution in [0.2, 0.25) is 0 Å². The SMILES string of the molecule is [O-][n+]1[c-]ccc(C2CCCS2)c1.[Y]. The molecule has 2 rings (SSSR count). The third kappa shape index (κ3) is 2.93. The quantitative estimate of drug-likeness (QED) is 0.440. The van der Waals surface area contributed by atoms with E-state index < -0.39 is 0 Å². The van der Waals surface area contributed by atoms with E-state index in [1.807, 2.05) is 17.8 Å². The molecule has 0 aromatic carbocycles. The van der Waals surface area contributed by atoms with Crippen LogP contribution in [-0.2, 0) is 32.7 Å². The first-order valence-corrected chi connectivity index (χ1v) is 5.13. The summed E-state index contributed by atoms with van der Waals surface area (Å²) in [5.74, 6) is 1.22. The van der Waals surface area contributed by atoms with Gasteiger partial charge in [-0.15, -0.1) is 6.07 Å². The molecule has 2 nitrogen and oxygen atoms in total. The summed E-state index contributed by atoms with van der Waals surface area (Å²) in [5, 5.41) is 11.4. The summed E-state index contributed by atoms with van der Waals surface area (Å²) >= 11 is 1.94. The number of aromatic nitrogens is 1. The maximum atomic E-state index is 10.9. The second kappa shape index (κ2) is 5.33. The van der Waals surface area contributed by atoms with Crippen molar-refractivity contribution in [2.24, 2.45) is 0 Å². The van der Waals surface area contributed by atoms with Crippen LogP contribution in [0.5, 0.6) is 0 Å². The van der Waals surface area contributed by atoms with Crippen molar-refractivity contribution in [1.29, 1.82) is 0 Å². The predicted octanol–water partition coefficient (Wildman–Crippen LogP) is 1.69. The second-order valence-corrected chi connectivity index (χ2v) is 4.23. The molecule has 0 spiro atoms. The van der Waals surface area contributed by atoms with E-state index in [2.05, 4.69) is 6.20 Å². The molecule has 1 saturated heterocycles. The Labute approximate surface area is 108 Å². The van der Waals surface area contributed by atoms with Gasteiger partial charge in [-0.2, -0.15) is 17.8 Å². The van der Waals surface area contributed by atoms with Crippen molar-refractivity contribution >= 4 is 11.8 Å². The van der Waals surface area contributed by atoms with Gasteiger partial charge in [-0.25, -0.2) is 0 Å². The van der Waals surface area contributed by atoms with Crippen LogP contribution in [0.4, 0.5) is 0 Å². The van der Waals surface area contributed by atoms with Gasteiger partial charge in [0.1, 0.15) is 6.20 Å². The fourth-order valence-corrected chi connectivity index (χ4v) is 2.74. The summed E-state index contributed by atoms with van der Waals surface area (Å²) in [6.07, 6.45) is 6.65. The third-order valence-electron chi connectivity index (χ3n) is 2.05. The molecule has 4 heteroatoms. The van der Waals surface area contributed by atoms with Crippen molar-refractivity contribution in [2.45, 2.75) is 18.1 Å². The predicted molar refractivity (Wildman–Crippen MR) is 48.7 cm³/mol. The van der Waals surface area contributed by atoms with Gasteiger partial charge in [-0.05, 0) is 18.6 Å². The summed E-state index contributed by atoms with van der Waals surface area (Å²) < 4.78 is 0.758. The molecule has 1 aliphatic rings. The molecule has 67 valence electrons. The standard InChI is InChI=1S/C9H10NOS.Y/c11-10-5-1-3-8(7-10)9-4-2-6-12-9;/h1,3,7,9H,2,4,6H2;/q-1;. The van der Waals surface area contributed by atoms with Crippen LogP contribution >= 0.6 is 11.8 Å². The van der Waals surface area contributed by atoms with E-state index in [9.17, 15) is 5.21 Å². The Kier molecular flexibility index (Phi) is 4.70. The summed E-state index contributed by atoms with van der Waals surface area (Å²) in [7, 11) is 0. The first-order chi connectivity index (χ1) is 5.86. The van der Waals surface area contributed by atoms with Gasteiger partial charge in [-0.1, -0.05) is 5.56 Å². The second-order valence-electron chi connectivity index (χ2n) is 2.92. The fraction of sp³-hybridized carbons (Fsp3) is 0.444. The van der Waals surface area contributed by atoms with Gasteiger partial charge in [0.15, 0.2) is 0 Å². The van der Waals surface area contributed by atoms with Crippen LogP contribution in [0, 0.1) is 11.4 Å². The molecule has 0 saturated carbocycles. The molecule has 1 fully saturated rings. The number of thioether (sulfide) groups is 1. The first-order valence-electron chi connectivity index (χ1n) is 4.09. The van der Waals surface area contributed by atoms with Crippen LogP contribution in [0.25, 0.3) is 0 Å². The summed E-state index contributed by atoms with van der Waals surface area (Å²) in [4.78, 5) is 0.